The third-order valence-corrected chi connectivity index (χ3v) is 11.3. The van der Waals surface area contributed by atoms with Crippen LogP contribution in [0.3, 0.4) is 0 Å². The molecule has 4 N–H and O–H groups in total. The first-order chi connectivity index (χ1) is 23.5. The molecule has 0 aromatic heterocycles. The van der Waals surface area contributed by atoms with Crippen molar-refractivity contribution >= 4 is 35.4 Å². The molecule has 1 unspecified atom stereocenters. The van der Waals surface area contributed by atoms with Gasteiger partial charge in [-0.15, -0.1) is 0 Å². The van der Waals surface area contributed by atoms with Gasteiger partial charge in [0.1, 0.15) is 12.1 Å². The highest BCUT2D eigenvalue weighted by molar-refractivity contribution is 6.38. The summed E-state index contributed by atoms with van der Waals surface area (Å²) in [5.41, 5.74) is -0.882. The van der Waals surface area contributed by atoms with E-state index in [2.05, 4.69) is 28.2 Å². The Hall–Kier alpha value is -3.18. The van der Waals surface area contributed by atoms with Crippen LogP contribution in [0.25, 0.3) is 0 Å². The predicted octanol–water partition coefficient (Wildman–Crippen LogP) is 4.31. The van der Waals surface area contributed by atoms with Gasteiger partial charge < -0.3 is 31.1 Å². The molecule has 6 amide bonds. The Morgan fingerprint density at radius 3 is 2.18 bits per heavy atom. The van der Waals surface area contributed by atoms with Crippen LogP contribution < -0.4 is 21.3 Å². The van der Waals surface area contributed by atoms with Crippen LogP contribution in [0.2, 0.25) is 0 Å². The predicted molar refractivity (Wildman–Crippen MR) is 194 cm³/mol. The van der Waals surface area contributed by atoms with Crippen molar-refractivity contribution in [1.29, 1.82) is 0 Å². The number of nitrogens with zero attached hydrogens (tertiary/aromatic N) is 2. The number of amides is 6. The van der Waals surface area contributed by atoms with Crippen LogP contribution in [-0.2, 0) is 24.0 Å². The molecule has 3 fully saturated rings. The zero-order chi connectivity index (χ0) is 37.2. The first-order valence-electron chi connectivity index (χ1n) is 19.3. The van der Waals surface area contributed by atoms with E-state index >= 15 is 0 Å². The Bertz CT molecular complexity index is 1210. The van der Waals surface area contributed by atoms with Gasteiger partial charge in [-0.2, -0.15) is 0 Å². The van der Waals surface area contributed by atoms with Gasteiger partial charge in [-0.1, -0.05) is 80.6 Å². The molecule has 5 atom stereocenters. The summed E-state index contributed by atoms with van der Waals surface area (Å²) in [6.07, 6.45) is 9.14. The summed E-state index contributed by atoms with van der Waals surface area (Å²) in [5, 5.41) is 11.7. The Morgan fingerprint density at radius 1 is 0.920 bits per heavy atom. The molecule has 3 rings (SSSR count). The third-order valence-electron chi connectivity index (χ3n) is 11.3. The summed E-state index contributed by atoms with van der Waals surface area (Å²) in [7, 11) is 0. The molecule has 0 radical (unpaired) electrons. The van der Waals surface area contributed by atoms with Crippen LogP contribution in [-0.4, -0.2) is 95.6 Å². The fourth-order valence-corrected chi connectivity index (χ4v) is 7.93. The van der Waals surface area contributed by atoms with Crippen LogP contribution in [0.4, 0.5) is 4.79 Å². The fourth-order valence-electron chi connectivity index (χ4n) is 7.93. The summed E-state index contributed by atoms with van der Waals surface area (Å²) in [6.45, 7) is 17.6. The van der Waals surface area contributed by atoms with Crippen molar-refractivity contribution in [2.75, 3.05) is 26.2 Å². The minimum Gasteiger partial charge on any atom is -0.350 e. The molecule has 284 valence electrons. The van der Waals surface area contributed by atoms with Gasteiger partial charge >= 0.3 is 6.03 Å². The van der Waals surface area contributed by atoms with Gasteiger partial charge in [0.15, 0.2) is 0 Å². The molecule has 1 saturated carbocycles. The lowest BCUT2D eigenvalue weighted by atomic mass is 9.70. The maximum Gasteiger partial charge on any atom is 0.315 e. The Labute approximate surface area is 300 Å². The lowest BCUT2D eigenvalue weighted by molar-refractivity contribution is -0.145. The molecule has 2 aliphatic heterocycles. The average molecular weight is 703 g/mol. The maximum absolute atomic E-state index is 14.8. The first-order valence-corrected chi connectivity index (χ1v) is 19.3. The highest BCUT2D eigenvalue weighted by Gasteiger charge is 2.50. The van der Waals surface area contributed by atoms with Crippen molar-refractivity contribution in [3.8, 4) is 0 Å². The number of rotatable bonds is 15. The molecular formula is C38H66N6O6. The molecular weight excluding hydrogens is 636 g/mol. The second-order valence-corrected chi connectivity index (χ2v) is 16.6. The van der Waals surface area contributed by atoms with Gasteiger partial charge in [0.2, 0.25) is 23.5 Å². The molecule has 12 nitrogen and oxygen atoms in total. The van der Waals surface area contributed by atoms with E-state index in [1.54, 1.807) is 11.8 Å². The number of unbranched alkanes of at least 4 members (excludes halogenated alkanes) is 1. The van der Waals surface area contributed by atoms with Crippen molar-refractivity contribution in [3.05, 3.63) is 0 Å². The molecule has 2 saturated heterocycles. The number of urea groups is 1. The van der Waals surface area contributed by atoms with E-state index in [-0.39, 0.29) is 35.1 Å². The monoisotopic (exact) mass is 703 g/mol. The Balaban J connectivity index is 1.90. The summed E-state index contributed by atoms with van der Waals surface area (Å²) in [6, 6.07) is -3.53. The van der Waals surface area contributed by atoms with E-state index in [9.17, 15) is 28.8 Å². The second-order valence-electron chi connectivity index (χ2n) is 16.6. The first kappa shape index (κ1) is 41.2. The van der Waals surface area contributed by atoms with Crippen molar-refractivity contribution in [2.45, 2.75) is 157 Å². The number of carbonyl (C=O) groups is 6. The number of piperidine rings is 1. The van der Waals surface area contributed by atoms with Crippen molar-refractivity contribution in [1.82, 2.24) is 31.1 Å². The van der Waals surface area contributed by atoms with Crippen LogP contribution >= 0.6 is 0 Å². The van der Waals surface area contributed by atoms with Gasteiger partial charge in [0.05, 0.1) is 12.1 Å². The maximum atomic E-state index is 14.8. The molecule has 1 aliphatic carbocycles. The lowest BCUT2D eigenvalue weighted by Gasteiger charge is -2.43. The normalized spacial score (nSPS) is 22.8. The average Bonchev–Trinajstić information content (AvgIpc) is 3.51. The SMILES string of the molecule is CCCCC(NC(=O)[C@@H]1[C@@H](C(C)C)CCN1C(=O)[C@@H](NC(=O)N[C@H](CN1CCCCC1=O)C(C)(C)C)C1(C)CCCCC1)C(=O)C(=O)NCC. The molecule has 0 bridgehead atoms. The van der Waals surface area contributed by atoms with Gasteiger partial charge in [-0.25, -0.2) is 4.79 Å². The molecule has 12 heteroatoms. The van der Waals surface area contributed by atoms with E-state index in [1.165, 1.54) is 0 Å². The van der Waals surface area contributed by atoms with E-state index in [0.29, 0.717) is 51.9 Å². The molecule has 0 spiro atoms. The minimum absolute atomic E-state index is 0.0711. The van der Waals surface area contributed by atoms with Crippen molar-refractivity contribution in [3.63, 3.8) is 0 Å². The standard InChI is InChI=1S/C38H66N6O6/c1-9-11-17-27(31(46)34(48)39-10-2)40-33(47)30-26(25(3)4)19-23-44(30)35(49)32(38(8)20-14-12-15-21-38)42-36(50)41-28(37(5,6)7)24-43-22-16-13-18-29(43)45/h25-28,30,32H,9-24H2,1-8H3,(H,39,48)(H,40,47)(H2,41,42,50)/t26-,27?,28-,30+,32-/m1/s1. The smallest absolute Gasteiger partial charge is 0.315 e. The summed E-state index contributed by atoms with van der Waals surface area (Å²) >= 11 is 0. The van der Waals surface area contributed by atoms with Gasteiger partial charge in [-0.3, -0.25) is 24.0 Å². The van der Waals surface area contributed by atoms with Gasteiger partial charge in [0, 0.05) is 32.6 Å². The highest BCUT2D eigenvalue weighted by atomic mass is 16.2. The quantitative estimate of drug-likeness (QED) is 0.187. The van der Waals surface area contributed by atoms with Crippen LogP contribution in [0.15, 0.2) is 0 Å². The van der Waals surface area contributed by atoms with Crippen LogP contribution in [0.1, 0.15) is 132 Å². The number of ketones is 1. The number of hydrogen-bond acceptors (Lipinski definition) is 6. The van der Waals surface area contributed by atoms with E-state index < -0.39 is 47.2 Å². The summed E-state index contributed by atoms with van der Waals surface area (Å²) in [4.78, 5) is 84.7. The zero-order valence-electron chi connectivity index (χ0n) is 32.1. The lowest BCUT2D eigenvalue weighted by Crippen LogP contribution is -2.63. The molecule has 50 heavy (non-hydrogen) atoms. The Morgan fingerprint density at radius 2 is 1.60 bits per heavy atom. The zero-order valence-corrected chi connectivity index (χ0v) is 32.1. The summed E-state index contributed by atoms with van der Waals surface area (Å²) < 4.78 is 0. The van der Waals surface area contributed by atoms with E-state index in [4.69, 9.17) is 0 Å². The van der Waals surface area contributed by atoms with Crippen LogP contribution in [0, 0.1) is 22.7 Å². The third kappa shape index (κ3) is 10.7. The molecule has 0 aromatic carbocycles. The minimum atomic E-state index is -0.990. The number of Topliss-reactive ketones (excluding diaryl/α,β-unsaturated/α-hetero) is 1. The molecule has 2 heterocycles. The molecule has 3 aliphatic rings. The molecule has 0 aromatic rings. The van der Waals surface area contributed by atoms with E-state index in [1.807, 2.05) is 46.4 Å². The number of likely N-dealkylation sites (tertiary alicyclic amines) is 2. The van der Waals surface area contributed by atoms with Crippen LogP contribution in [0.5, 0.6) is 0 Å². The number of likely N-dealkylation sites (N-methyl/N-ethyl adjacent to an activating group) is 1. The largest absolute Gasteiger partial charge is 0.350 e. The number of nitrogens with one attached hydrogen (secondary N) is 4. The summed E-state index contributed by atoms with van der Waals surface area (Å²) in [5.74, 6) is -2.15. The van der Waals surface area contributed by atoms with Crippen molar-refractivity contribution < 1.29 is 28.8 Å². The van der Waals surface area contributed by atoms with Gasteiger partial charge in [0.25, 0.3) is 5.91 Å². The van der Waals surface area contributed by atoms with Gasteiger partial charge in [-0.05, 0) is 68.1 Å². The fraction of sp³-hybridized carbons (Fsp3) is 0.842. The Kier molecular flexibility index (Phi) is 15.1. The topological polar surface area (TPSA) is 157 Å². The van der Waals surface area contributed by atoms with E-state index in [0.717, 1.165) is 51.4 Å². The highest BCUT2D eigenvalue weighted by Crippen LogP contribution is 2.41. The number of carbonyl (C=O) groups excluding carboxylic acids is 6. The second kappa shape index (κ2) is 18.4. The van der Waals surface area contributed by atoms with Crippen molar-refractivity contribution in [2.24, 2.45) is 22.7 Å². The number of hydrogen-bond donors (Lipinski definition) is 4.